The van der Waals surface area contributed by atoms with Crippen LogP contribution < -0.4 is 5.32 Å². The SMILES string of the molecule is Cc1nccc(NCc2cccc([N+](=O)[O-])c2C)n1. The van der Waals surface area contributed by atoms with Crippen molar-refractivity contribution in [2.75, 3.05) is 5.32 Å². The van der Waals surface area contributed by atoms with Gasteiger partial charge < -0.3 is 5.32 Å². The molecule has 0 aliphatic heterocycles. The number of rotatable bonds is 4. The highest BCUT2D eigenvalue weighted by molar-refractivity contribution is 5.46. The summed E-state index contributed by atoms with van der Waals surface area (Å²) in [6.45, 7) is 4.05. The molecule has 19 heavy (non-hydrogen) atoms. The second-order valence-electron chi connectivity index (χ2n) is 4.16. The van der Waals surface area contributed by atoms with E-state index in [0.29, 0.717) is 23.8 Å². The fourth-order valence-electron chi connectivity index (χ4n) is 1.80. The molecule has 6 heteroatoms. The van der Waals surface area contributed by atoms with E-state index in [1.165, 1.54) is 6.07 Å². The average molecular weight is 258 g/mol. The zero-order chi connectivity index (χ0) is 13.8. The third kappa shape index (κ3) is 3.04. The summed E-state index contributed by atoms with van der Waals surface area (Å²) in [4.78, 5) is 18.7. The van der Waals surface area contributed by atoms with Gasteiger partial charge in [-0.1, -0.05) is 12.1 Å². The van der Waals surface area contributed by atoms with Crippen LogP contribution in [0.25, 0.3) is 0 Å². The molecule has 0 aliphatic carbocycles. The van der Waals surface area contributed by atoms with Crippen LogP contribution in [0.15, 0.2) is 30.5 Å². The van der Waals surface area contributed by atoms with Crippen molar-refractivity contribution >= 4 is 11.5 Å². The van der Waals surface area contributed by atoms with Crippen molar-refractivity contribution in [3.05, 3.63) is 57.5 Å². The highest BCUT2D eigenvalue weighted by Crippen LogP contribution is 2.21. The van der Waals surface area contributed by atoms with E-state index in [9.17, 15) is 10.1 Å². The van der Waals surface area contributed by atoms with E-state index in [1.807, 2.05) is 13.0 Å². The van der Waals surface area contributed by atoms with Crippen LogP contribution in [0.1, 0.15) is 17.0 Å². The molecule has 1 aromatic heterocycles. The Balaban J connectivity index is 2.16. The molecule has 98 valence electrons. The zero-order valence-corrected chi connectivity index (χ0v) is 10.8. The molecule has 1 aromatic carbocycles. The van der Waals surface area contributed by atoms with Gasteiger partial charge in [-0.2, -0.15) is 0 Å². The summed E-state index contributed by atoms with van der Waals surface area (Å²) in [5.41, 5.74) is 1.69. The molecule has 6 nitrogen and oxygen atoms in total. The Bertz CT molecular complexity index is 613. The number of nitrogens with zero attached hydrogens (tertiary/aromatic N) is 3. The zero-order valence-electron chi connectivity index (χ0n) is 10.8. The molecule has 0 atom stereocenters. The van der Waals surface area contributed by atoms with Crippen LogP contribution in [0.5, 0.6) is 0 Å². The first-order valence-corrected chi connectivity index (χ1v) is 5.84. The number of nitro groups is 1. The smallest absolute Gasteiger partial charge is 0.272 e. The Morgan fingerprint density at radius 1 is 1.32 bits per heavy atom. The van der Waals surface area contributed by atoms with E-state index in [-0.39, 0.29) is 10.6 Å². The molecule has 0 spiro atoms. The Labute approximate surface area is 110 Å². The monoisotopic (exact) mass is 258 g/mol. The van der Waals surface area contributed by atoms with Crippen LogP contribution in [-0.2, 0) is 6.54 Å². The van der Waals surface area contributed by atoms with E-state index in [2.05, 4.69) is 15.3 Å². The van der Waals surface area contributed by atoms with Crippen LogP contribution in [0.4, 0.5) is 11.5 Å². The Hall–Kier alpha value is -2.50. The predicted octanol–water partition coefficient (Wildman–Crippen LogP) is 2.61. The van der Waals surface area contributed by atoms with Gasteiger partial charge in [-0.05, 0) is 25.5 Å². The molecular weight excluding hydrogens is 244 g/mol. The molecule has 2 rings (SSSR count). The maximum absolute atomic E-state index is 10.9. The lowest BCUT2D eigenvalue weighted by Crippen LogP contribution is -2.05. The Kier molecular flexibility index (Phi) is 3.70. The van der Waals surface area contributed by atoms with Crippen molar-refractivity contribution in [1.29, 1.82) is 0 Å². The molecule has 0 amide bonds. The Morgan fingerprint density at radius 3 is 2.79 bits per heavy atom. The number of hydrogen-bond donors (Lipinski definition) is 1. The highest BCUT2D eigenvalue weighted by atomic mass is 16.6. The van der Waals surface area contributed by atoms with E-state index in [1.54, 1.807) is 25.3 Å². The van der Waals surface area contributed by atoms with E-state index >= 15 is 0 Å². The molecular formula is C13H14N4O2. The van der Waals surface area contributed by atoms with E-state index < -0.39 is 0 Å². The minimum atomic E-state index is -0.367. The van der Waals surface area contributed by atoms with Gasteiger partial charge in [0.25, 0.3) is 5.69 Å². The van der Waals surface area contributed by atoms with Gasteiger partial charge in [-0.25, -0.2) is 9.97 Å². The van der Waals surface area contributed by atoms with Gasteiger partial charge >= 0.3 is 0 Å². The van der Waals surface area contributed by atoms with Crippen molar-refractivity contribution in [2.24, 2.45) is 0 Å². The van der Waals surface area contributed by atoms with Crippen molar-refractivity contribution in [2.45, 2.75) is 20.4 Å². The van der Waals surface area contributed by atoms with Gasteiger partial charge in [0.15, 0.2) is 0 Å². The number of nitrogens with one attached hydrogen (secondary N) is 1. The molecule has 1 heterocycles. The number of aromatic nitrogens is 2. The molecule has 0 aliphatic rings. The number of aryl methyl sites for hydroxylation is 1. The first-order valence-electron chi connectivity index (χ1n) is 5.84. The average Bonchev–Trinajstić information content (AvgIpc) is 2.37. The first kappa shape index (κ1) is 12.9. The second-order valence-corrected chi connectivity index (χ2v) is 4.16. The molecule has 1 N–H and O–H groups in total. The maximum Gasteiger partial charge on any atom is 0.272 e. The fraction of sp³-hybridized carbons (Fsp3) is 0.231. The largest absolute Gasteiger partial charge is 0.366 e. The topological polar surface area (TPSA) is 81.0 Å². The lowest BCUT2D eigenvalue weighted by Gasteiger charge is -2.08. The van der Waals surface area contributed by atoms with Gasteiger partial charge in [-0.3, -0.25) is 10.1 Å². The summed E-state index contributed by atoms with van der Waals surface area (Å²) in [7, 11) is 0. The minimum Gasteiger partial charge on any atom is -0.366 e. The van der Waals surface area contributed by atoms with Gasteiger partial charge in [0.1, 0.15) is 11.6 Å². The fourth-order valence-corrected chi connectivity index (χ4v) is 1.80. The van der Waals surface area contributed by atoms with Crippen LogP contribution in [0.2, 0.25) is 0 Å². The van der Waals surface area contributed by atoms with Gasteiger partial charge in [0.2, 0.25) is 0 Å². The molecule has 0 radical (unpaired) electrons. The third-order valence-corrected chi connectivity index (χ3v) is 2.85. The molecule has 0 fully saturated rings. The molecule has 0 saturated carbocycles. The summed E-state index contributed by atoms with van der Waals surface area (Å²) < 4.78 is 0. The number of hydrogen-bond acceptors (Lipinski definition) is 5. The van der Waals surface area contributed by atoms with Crippen LogP contribution in [0, 0.1) is 24.0 Å². The molecule has 0 saturated heterocycles. The summed E-state index contributed by atoms with van der Waals surface area (Å²) in [5, 5.41) is 14.0. The van der Waals surface area contributed by atoms with Gasteiger partial charge in [0, 0.05) is 24.4 Å². The standard InChI is InChI=1S/C13H14N4O2/c1-9-11(4-3-5-12(9)17(18)19)8-15-13-6-7-14-10(2)16-13/h3-7H,8H2,1-2H3,(H,14,15,16). The van der Waals surface area contributed by atoms with Crippen molar-refractivity contribution < 1.29 is 4.92 Å². The third-order valence-electron chi connectivity index (χ3n) is 2.85. The molecule has 0 unspecified atom stereocenters. The quantitative estimate of drug-likeness (QED) is 0.673. The maximum atomic E-state index is 10.9. The minimum absolute atomic E-state index is 0.137. The lowest BCUT2D eigenvalue weighted by atomic mass is 10.1. The number of benzene rings is 1. The summed E-state index contributed by atoms with van der Waals surface area (Å²) >= 11 is 0. The van der Waals surface area contributed by atoms with Crippen molar-refractivity contribution in [3.8, 4) is 0 Å². The summed E-state index contributed by atoms with van der Waals surface area (Å²) in [6.07, 6.45) is 1.67. The summed E-state index contributed by atoms with van der Waals surface area (Å²) in [5.74, 6) is 1.39. The van der Waals surface area contributed by atoms with Crippen molar-refractivity contribution in [3.63, 3.8) is 0 Å². The van der Waals surface area contributed by atoms with Crippen molar-refractivity contribution in [1.82, 2.24) is 9.97 Å². The Morgan fingerprint density at radius 2 is 2.11 bits per heavy atom. The second kappa shape index (κ2) is 5.43. The highest BCUT2D eigenvalue weighted by Gasteiger charge is 2.12. The normalized spacial score (nSPS) is 10.2. The van der Waals surface area contributed by atoms with E-state index in [4.69, 9.17) is 0 Å². The number of anilines is 1. The molecule has 2 aromatic rings. The first-order chi connectivity index (χ1) is 9.08. The van der Waals surface area contributed by atoms with Gasteiger partial charge in [-0.15, -0.1) is 0 Å². The van der Waals surface area contributed by atoms with Gasteiger partial charge in [0.05, 0.1) is 4.92 Å². The predicted molar refractivity (Wildman–Crippen MR) is 71.9 cm³/mol. The van der Waals surface area contributed by atoms with Crippen LogP contribution in [0.3, 0.4) is 0 Å². The van der Waals surface area contributed by atoms with Crippen LogP contribution in [-0.4, -0.2) is 14.9 Å². The summed E-state index contributed by atoms with van der Waals surface area (Å²) in [6, 6.07) is 6.82. The van der Waals surface area contributed by atoms with E-state index in [0.717, 1.165) is 5.56 Å². The van der Waals surface area contributed by atoms with Crippen LogP contribution >= 0.6 is 0 Å². The lowest BCUT2D eigenvalue weighted by molar-refractivity contribution is -0.385. The number of nitro benzene ring substituents is 1. The molecule has 0 bridgehead atoms.